The molecule has 0 aromatic rings. The molecule has 2 saturated heterocycles. The van der Waals surface area contributed by atoms with E-state index in [1.807, 2.05) is 0 Å². The van der Waals surface area contributed by atoms with Gasteiger partial charge in [-0.1, -0.05) is 0 Å². The Bertz CT molecular complexity index is 354. The van der Waals surface area contributed by atoms with Crippen LogP contribution in [0.1, 0.15) is 0 Å². The van der Waals surface area contributed by atoms with E-state index < -0.39 is 68.5 Å². The van der Waals surface area contributed by atoms with Gasteiger partial charge < -0.3 is 50.0 Å². The zero-order valence-electron chi connectivity index (χ0n) is 11.0. The molecule has 2 heterocycles. The Morgan fingerprint density at radius 1 is 1.10 bits per heavy atom. The molecule has 7 N–H and O–H groups in total. The zero-order chi connectivity index (χ0) is 15.8. The number of hydrogen-bond donors (Lipinski definition) is 7. The van der Waals surface area contributed by atoms with E-state index in [2.05, 4.69) is 0 Å². The second kappa shape index (κ2) is 6.38. The van der Waals surface area contributed by atoms with Crippen molar-refractivity contribution in [2.75, 3.05) is 19.8 Å². The summed E-state index contributed by atoms with van der Waals surface area (Å²) < 4.78 is 15.0. The molecule has 0 saturated carbocycles. The molecule has 0 spiro atoms. The van der Waals surface area contributed by atoms with E-state index in [0.29, 0.717) is 0 Å². The summed E-state index contributed by atoms with van der Waals surface area (Å²) in [5, 5.41) is 66.8. The Morgan fingerprint density at radius 3 is 2.29 bits per heavy atom. The molecule has 0 unspecified atom stereocenters. The van der Waals surface area contributed by atoms with Gasteiger partial charge in [-0.2, -0.15) is 0 Å². The van der Waals surface area contributed by atoms with Crippen LogP contribution in [0.4, 0.5) is 0 Å². The summed E-state index contributed by atoms with van der Waals surface area (Å²) in [6.07, 6.45) is -10.5. The van der Waals surface area contributed by atoms with Gasteiger partial charge in [-0.25, -0.2) is 0 Å². The summed E-state index contributed by atoms with van der Waals surface area (Å²) in [5.74, 6) is 0. The van der Waals surface area contributed by atoms with Gasteiger partial charge >= 0.3 is 0 Å². The van der Waals surface area contributed by atoms with Crippen molar-refractivity contribution < 1.29 is 50.0 Å². The minimum Gasteiger partial charge on any atom is -0.394 e. The first-order chi connectivity index (χ1) is 9.84. The third-order valence-electron chi connectivity index (χ3n) is 3.71. The predicted molar refractivity (Wildman–Crippen MR) is 62.6 cm³/mol. The van der Waals surface area contributed by atoms with Gasteiger partial charge in [0.05, 0.1) is 19.8 Å². The molecule has 0 radical (unpaired) electrons. The number of aliphatic hydroxyl groups is 7. The van der Waals surface area contributed by atoms with Crippen molar-refractivity contribution in [3.8, 4) is 0 Å². The lowest BCUT2D eigenvalue weighted by Crippen LogP contribution is -2.60. The minimum atomic E-state index is -1.91. The molecule has 0 amide bonds. The molecule has 0 bridgehead atoms. The lowest BCUT2D eigenvalue weighted by molar-refractivity contribution is -0.325. The standard InChI is InChI=1S/C11H20O10/c12-1-4-5(14)6(15)7(9(17)20-4)21-10-8(16)11(18,2-13)3-19-10/h4-10,12-18H,1-3H2/t4-,5-,6+,7-,8+,9-,10+,11-/m1/s1. The van der Waals surface area contributed by atoms with E-state index in [4.69, 9.17) is 24.4 Å². The number of aliphatic hydroxyl groups excluding tert-OH is 6. The normalized spacial score (nSPS) is 51.3. The van der Waals surface area contributed by atoms with Gasteiger partial charge in [-0.3, -0.25) is 0 Å². The first-order valence-electron chi connectivity index (χ1n) is 6.43. The summed E-state index contributed by atoms with van der Waals surface area (Å²) in [7, 11) is 0. The van der Waals surface area contributed by atoms with E-state index >= 15 is 0 Å². The number of ether oxygens (including phenoxy) is 3. The fraction of sp³-hybridized carbons (Fsp3) is 1.00. The quantitative estimate of drug-likeness (QED) is 0.267. The van der Waals surface area contributed by atoms with Crippen LogP contribution in [-0.2, 0) is 14.2 Å². The van der Waals surface area contributed by atoms with Crippen LogP contribution in [0.15, 0.2) is 0 Å². The molecular weight excluding hydrogens is 292 g/mol. The van der Waals surface area contributed by atoms with Crippen LogP contribution in [0.25, 0.3) is 0 Å². The summed E-state index contributed by atoms with van der Waals surface area (Å²) in [5.41, 5.74) is -1.91. The fourth-order valence-electron chi connectivity index (χ4n) is 2.28. The average Bonchev–Trinajstić information content (AvgIpc) is 2.76. The summed E-state index contributed by atoms with van der Waals surface area (Å²) in [6, 6.07) is 0. The second-order valence-corrected chi connectivity index (χ2v) is 5.22. The highest BCUT2D eigenvalue weighted by atomic mass is 16.7. The molecule has 21 heavy (non-hydrogen) atoms. The van der Waals surface area contributed by atoms with E-state index in [9.17, 15) is 25.5 Å². The Balaban J connectivity index is 2.03. The van der Waals surface area contributed by atoms with Crippen LogP contribution in [0, 0.1) is 0 Å². The van der Waals surface area contributed by atoms with Gasteiger partial charge in [0.1, 0.15) is 36.1 Å². The third kappa shape index (κ3) is 3.05. The maximum atomic E-state index is 9.87. The Kier molecular flexibility index (Phi) is 5.15. The van der Waals surface area contributed by atoms with Crippen LogP contribution in [0.2, 0.25) is 0 Å². The number of hydrogen-bond acceptors (Lipinski definition) is 10. The lowest BCUT2D eigenvalue weighted by atomic mass is 9.98. The van der Waals surface area contributed by atoms with Crippen molar-refractivity contribution in [3.05, 3.63) is 0 Å². The first kappa shape index (κ1) is 17.0. The molecule has 2 fully saturated rings. The molecule has 8 atom stereocenters. The summed E-state index contributed by atoms with van der Waals surface area (Å²) >= 11 is 0. The van der Waals surface area contributed by atoms with Crippen molar-refractivity contribution >= 4 is 0 Å². The molecule has 0 aromatic heterocycles. The molecule has 2 aliphatic heterocycles. The van der Waals surface area contributed by atoms with Crippen LogP contribution in [-0.4, -0.2) is 104 Å². The molecule has 10 heteroatoms. The third-order valence-corrected chi connectivity index (χ3v) is 3.71. The first-order valence-corrected chi connectivity index (χ1v) is 6.43. The van der Waals surface area contributed by atoms with Gasteiger partial charge in [-0.05, 0) is 0 Å². The monoisotopic (exact) mass is 312 g/mol. The van der Waals surface area contributed by atoms with Crippen molar-refractivity contribution in [2.45, 2.75) is 48.7 Å². The van der Waals surface area contributed by atoms with Crippen molar-refractivity contribution in [3.63, 3.8) is 0 Å². The van der Waals surface area contributed by atoms with Crippen LogP contribution < -0.4 is 0 Å². The maximum absolute atomic E-state index is 9.87. The van der Waals surface area contributed by atoms with Gasteiger partial charge in [0, 0.05) is 0 Å². The highest BCUT2D eigenvalue weighted by Gasteiger charge is 2.52. The molecule has 0 aromatic carbocycles. The van der Waals surface area contributed by atoms with Gasteiger partial charge in [0.15, 0.2) is 12.6 Å². The van der Waals surface area contributed by atoms with Gasteiger partial charge in [0.25, 0.3) is 0 Å². The molecule has 0 aliphatic carbocycles. The smallest absolute Gasteiger partial charge is 0.187 e. The molecule has 2 aliphatic rings. The lowest BCUT2D eigenvalue weighted by Gasteiger charge is -2.40. The highest BCUT2D eigenvalue weighted by Crippen LogP contribution is 2.30. The van der Waals surface area contributed by atoms with Crippen LogP contribution >= 0.6 is 0 Å². The second-order valence-electron chi connectivity index (χ2n) is 5.22. The van der Waals surface area contributed by atoms with Crippen molar-refractivity contribution in [1.29, 1.82) is 0 Å². The summed E-state index contributed by atoms with van der Waals surface area (Å²) in [6.45, 7) is -1.79. The Morgan fingerprint density at radius 2 is 1.76 bits per heavy atom. The van der Waals surface area contributed by atoms with E-state index in [1.165, 1.54) is 0 Å². The topological polar surface area (TPSA) is 169 Å². The molecule has 124 valence electrons. The largest absolute Gasteiger partial charge is 0.394 e. The van der Waals surface area contributed by atoms with E-state index in [1.54, 1.807) is 0 Å². The number of rotatable bonds is 4. The van der Waals surface area contributed by atoms with Crippen molar-refractivity contribution in [2.24, 2.45) is 0 Å². The van der Waals surface area contributed by atoms with Gasteiger partial charge in [-0.15, -0.1) is 0 Å². The molecular formula is C11H20O10. The highest BCUT2D eigenvalue weighted by molar-refractivity contribution is 4.95. The van der Waals surface area contributed by atoms with Crippen molar-refractivity contribution in [1.82, 2.24) is 0 Å². The van der Waals surface area contributed by atoms with Crippen LogP contribution in [0.3, 0.4) is 0 Å². The Hall–Kier alpha value is -0.400. The molecule has 2 rings (SSSR count). The maximum Gasteiger partial charge on any atom is 0.187 e. The zero-order valence-corrected chi connectivity index (χ0v) is 11.0. The summed E-state index contributed by atoms with van der Waals surface area (Å²) in [4.78, 5) is 0. The van der Waals surface area contributed by atoms with Crippen LogP contribution in [0.5, 0.6) is 0 Å². The fourth-order valence-corrected chi connectivity index (χ4v) is 2.28. The average molecular weight is 312 g/mol. The van der Waals surface area contributed by atoms with Gasteiger partial charge in [0.2, 0.25) is 0 Å². The minimum absolute atomic E-state index is 0.406. The van der Waals surface area contributed by atoms with E-state index in [-0.39, 0.29) is 0 Å². The van der Waals surface area contributed by atoms with E-state index in [0.717, 1.165) is 0 Å². The Labute approximate surface area is 119 Å². The molecule has 10 nitrogen and oxygen atoms in total. The SMILES string of the molecule is OC[C@H]1O[C@@H](O)[C@H](O[C@@H]2OC[C@](O)(CO)[C@H]2O)[C@@H](O)[C@@H]1O. The predicted octanol–water partition coefficient (Wildman–Crippen LogP) is -4.76.